The minimum absolute atomic E-state index is 0.298. The van der Waals surface area contributed by atoms with Crippen LogP contribution in [0.4, 0.5) is 0 Å². The van der Waals surface area contributed by atoms with E-state index in [4.69, 9.17) is 16.7 Å². The van der Waals surface area contributed by atoms with Crippen molar-refractivity contribution in [1.82, 2.24) is 0 Å². The van der Waals surface area contributed by atoms with Crippen molar-refractivity contribution in [1.29, 1.82) is 0 Å². The number of carboxylic acids is 1. The number of hydrogen-bond donors (Lipinski definition) is 1. The third-order valence-corrected chi connectivity index (χ3v) is 3.41. The molecule has 0 unspecified atom stereocenters. The van der Waals surface area contributed by atoms with Crippen LogP contribution in [-0.4, -0.2) is 11.1 Å². The molecule has 2 nitrogen and oxygen atoms in total. The second-order valence-electron chi connectivity index (χ2n) is 3.37. The molecule has 0 atom stereocenters. The van der Waals surface area contributed by atoms with Gasteiger partial charge in [-0.2, -0.15) is 0 Å². The van der Waals surface area contributed by atoms with Crippen LogP contribution in [0.25, 0.3) is 12.2 Å². The molecule has 2 aromatic rings. The summed E-state index contributed by atoms with van der Waals surface area (Å²) in [7, 11) is 0. The van der Waals surface area contributed by atoms with Gasteiger partial charge in [0.05, 0.1) is 9.90 Å². The van der Waals surface area contributed by atoms with Crippen LogP contribution in [0.3, 0.4) is 0 Å². The normalized spacial score (nSPS) is 10.9. The van der Waals surface area contributed by atoms with Crippen molar-refractivity contribution in [2.24, 2.45) is 0 Å². The fourth-order valence-corrected chi connectivity index (χ4v) is 2.39. The van der Waals surface area contributed by atoms with E-state index < -0.39 is 5.97 Å². The number of carboxylic acid groups (broad SMARTS) is 1. The fraction of sp³-hybridized carbons (Fsp3) is 0. The Morgan fingerprint density at radius 2 is 1.94 bits per heavy atom. The smallest absolute Gasteiger partial charge is 0.336 e. The molecule has 0 radical (unpaired) electrons. The van der Waals surface area contributed by atoms with E-state index in [9.17, 15) is 4.79 Å². The fourth-order valence-electron chi connectivity index (χ4n) is 1.43. The Morgan fingerprint density at radius 1 is 1.18 bits per heavy atom. The third kappa shape index (κ3) is 2.96. The van der Waals surface area contributed by atoms with Gasteiger partial charge in [0.2, 0.25) is 0 Å². The molecule has 0 aliphatic heterocycles. The second kappa shape index (κ2) is 5.17. The summed E-state index contributed by atoms with van der Waals surface area (Å²) in [6.07, 6.45) is 3.64. The van der Waals surface area contributed by atoms with Crippen LogP contribution in [0, 0.1) is 0 Å². The monoisotopic (exact) mass is 264 g/mol. The van der Waals surface area contributed by atoms with Crippen molar-refractivity contribution in [2.45, 2.75) is 0 Å². The van der Waals surface area contributed by atoms with Gasteiger partial charge in [-0.05, 0) is 29.8 Å². The average Bonchev–Trinajstić information content (AvgIpc) is 2.73. The van der Waals surface area contributed by atoms with Crippen molar-refractivity contribution in [3.8, 4) is 0 Å². The first-order chi connectivity index (χ1) is 8.16. The van der Waals surface area contributed by atoms with Crippen molar-refractivity contribution < 1.29 is 9.90 Å². The SMILES string of the molecule is O=C(O)c1ccccc1/C=C\c1ccc(Cl)s1. The summed E-state index contributed by atoms with van der Waals surface area (Å²) in [5, 5.41) is 9.01. The van der Waals surface area contributed by atoms with Gasteiger partial charge >= 0.3 is 5.97 Å². The Kier molecular flexibility index (Phi) is 3.61. The molecule has 0 spiro atoms. The summed E-state index contributed by atoms with van der Waals surface area (Å²) in [4.78, 5) is 12.0. The predicted octanol–water partition coefficient (Wildman–Crippen LogP) is 4.27. The average molecular weight is 265 g/mol. The van der Waals surface area contributed by atoms with Crippen LogP contribution in [0.1, 0.15) is 20.8 Å². The maximum atomic E-state index is 11.0. The number of rotatable bonds is 3. The molecule has 0 fully saturated rings. The zero-order valence-corrected chi connectivity index (χ0v) is 10.3. The van der Waals surface area contributed by atoms with Crippen LogP contribution in [0.5, 0.6) is 0 Å². The number of aromatic carboxylic acids is 1. The van der Waals surface area contributed by atoms with Crippen LogP contribution in [0.15, 0.2) is 36.4 Å². The number of thiophene rings is 1. The van der Waals surface area contributed by atoms with Gasteiger partial charge in [-0.3, -0.25) is 0 Å². The molecule has 0 bridgehead atoms. The van der Waals surface area contributed by atoms with Crippen molar-refractivity contribution >= 4 is 41.1 Å². The van der Waals surface area contributed by atoms with E-state index in [0.29, 0.717) is 11.1 Å². The van der Waals surface area contributed by atoms with Crippen LogP contribution < -0.4 is 0 Å². The molecule has 0 aliphatic rings. The third-order valence-electron chi connectivity index (χ3n) is 2.21. The maximum Gasteiger partial charge on any atom is 0.336 e. The molecule has 86 valence electrons. The largest absolute Gasteiger partial charge is 0.478 e. The minimum Gasteiger partial charge on any atom is -0.478 e. The van der Waals surface area contributed by atoms with Gasteiger partial charge in [0.15, 0.2) is 0 Å². The Balaban J connectivity index is 2.30. The van der Waals surface area contributed by atoms with E-state index in [-0.39, 0.29) is 0 Å². The minimum atomic E-state index is -0.922. The molecule has 1 N–H and O–H groups in total. The van der Waals surface area contributed by atoms with Gasteiger partial charge in [0.1, 0.15) is 0 Å². The van der Waals surface area contributed by atoms with Gasteiger partial charge in [-0.15, -0.1) is 11.3 Å². The van der Waals surface area contributed by atoms with Crippen LogP contribution in [-0.2, 0) is 0 Å². The summed E-state index contributed by atoms with van der Waals surface area (Å²) in [6.45, 7) is 0. The highest BCUT2D eigenvalue weighted by Crippen LogP contribution is 2.23. The highest BCUT2D eigenvalue weighted by Gasteiger charge is 2.05. The molecule has 0 aliphatic carbocycles. The number of benzene rings is 1. The summed E-state index contributed by atoms with van der Waals surface area (Å²) in [6, 6.07) is 10.6. The first kappa shape index (κ1) is 11.9. The van der Waals surface area contributed by atoms with E-state index in [0.717, 1.165) is 9.21 Å². The number of halogens is 1. The quantitative estimate of drug-likeness (QED) is 0.899. The van der Waals surface area contributed by atoms with Crippen molar-refractivity contribution in [2.75, 3.05) is 0 Å². The highest BCUT2D eigenvalue weighted by molar-refractivity contribution is 7.17. The molecule has 1 aromatic heterocycles. The lowest BCUT2D eigenvalue weighted by atomic mass is 10.1. The molecule has 0 amide bonds. The molecule has 17 heavy (non-hydrogen) atoms. The summed E-state index contributed by atoms with van der Waals surface area (Å²) in [5.41, 5.74) is 0.982. The van der Waals surface area contributed by atoms with Gasteiger partial charge in [-0.25, -0.2) is 4.79 Å². The lowest BCUT2D eigenvalue weighted by Crippen LogP contribution is -1.98. The molecular formula is C13H9ClO2S. The zero-order valence-electron chi connectivity index (χ0n) is 8.76. The van der Waals surface area contributed by atoms with E-state index in [1.54, 1.807) is 24.3 Å². The van der Waals surface area contributed by atoms with E-state index in [1.165, 1.54) is 11.3 Å². The van der Waals surface area contributed by atoms with E-state index >= 15 is 0 Å². The standard InChI is InChI=1S/C13H9ClO2S/c14-12-8-7-10(17-12)6-5-9-3-1-2-4-11(9)13(15)16/h1-8H,(H,15,16)/b6-5-. The zero-order chi connectivity index (χ0) is 12.3. The lowest BCUT2D eigenvalue weighted by molar-refractivity contribution is 0.0696. The Labute approximate surface area is 108 Å². The molecule has 0 saturated heterocycles. The van der Waals surface area contributed by atoms with Crippen LogP contribution >= 0.6 is 22.9 Å². The molecule has 4 heteroatoms. The first-order valence-electron chi connectivity index (χ1n) is 4.92. The maximum absolute atomic E-state index is 11.0. The van der Waals surface area contributed by atoms with E-state index in [2.05, 4.69) is 0 Å². The molecule has 0 saturated carbocycles. The Bertz CT molecular complexity index is 572. The number of hydrogen-bond acceptors (Lipinski definition) is 2. The Hall–Kier alpha value is -1.58. The molecule has 1 aromatic carbocycles. The van der Waals surface area contributed by atoms with Gasteiger partial charge < -0.3 is 5.11 Å². The Morgan fingerprint density at radius 3 is 2.59 bits per heavy atom. The van der Waals surface area contributed by atoms with Gasteiger partial charge in [-0.1, -0.05) is 35.9 Å². The molecule has 1 heterocycles. The van der Waals surface area contributed by atoms with Gasteiger partial charge in [0, 0.05) is 4.88 Å². The molecular weight excluding hydrogens is 256 g/mol. The van der Waals surface area contributed by atoms with E-state index in [1.807, 2.05) is 24.3 Å². The topological polar surface area (TPSA) is 37.3 Å². The van der Waals surface area contributed by atoms with Crippen LogP contribution in [0.2, 0.25) is 4.34 Å². The second-order valence-corrected chi connectivity index (χ2v) is 5.11. The van der Waals surface area contributed by atoms with Crippen molar-refractivity contribution in [3.05, 3.63) is 56.7 Å². The summed E-state index contributed by atoms with van der Waals surface area (Å²) < 4.78 is 0.719. The summed E-state index contributed by atoms with van der Waals surface area (Å²) >= 11 is 7.27. The number of carbonyl (C=O) groups is 1. The summed E-state index contributed by atoms with van der Waals surface area (Å²) in [5.74, 6) is -0.922. The lowest BCUT2D eigenvalue weighted by Gasteiger charge is -1.99. The molecule has 2 rings (SSSR count). The predicted molar refractivity (Wildman–Crippen MR) is 71.7 cm³/mol. The highest BCUT2D eigenvalue weighted by atomic mass is 35.5. The first-order valence-corrected chi connectivity index (χ1v) is 6.12. The van der Waals surface area contributed by atoms with Gasteiger partial charge in [0.25, 0.3) is 0 Å². The van der Waals surface area contributed by atoms with Crippen molar-refractivity contribution in [3.63, 3.8) is 0 Å².